The molecule has 1 aliphatic rings. The molecule has 1 unspecified atom stereocenters. The second-order valence-corrected chi connectivity index (χ2v) is 7.04. The van der Waals surface area contributed by atoms with E-state index in [1.807, 2.05) is 25.2 Å². The van der Waals surface area contributed by atoms with Crippen LogP contribution in [0, 0.1) is 10.1 Å². The maximum absolute atomic E-state index is 12.9. The van der Waals surface area contributed by atoms with Gasteiger partial charge >= 0.3 is 0 Å². The molecule has 142 valence electrons. The van der Waals surface area contributed by atoms with Crippen molar-refractivity contribution in [3.05, 3.63) is 75.8 Å². The number of non-ortho nitro benzene ring substituents is 1. The maximum atomic E-state index is 12.9. The van der Waals surface area contributed by atoms with Gasteiger partial charge in [0.05, 0.1) is 17.4 Å². The smallest absolute Gasteiger partial charge is 0.269 e. The van der Waals surface area contributed by atoms with Gasteiger partial charge in [-0.3, -0.25) is 14.9 Å². The Morgan fingerprint density at radius 2 is 1.85 bits per heavy atom. The fraction of sp³-hybridized carbons (Fsp3) is 0.381. The lowest BCUT2D eigenvalue weighted by Gasteiger charge is -2.32. The average molecular weight is 367 g/mol. The van der Waals surface area contributed by atoms with Gasteiger partial charge in [0.25, 0.3) is 5.69 Å². The highest BCUT2D eigenvalue weighted by molar-refractivity contribution is 5.79. The molecular weight excluding hydrogens is 342 g/mol. The van der Waals surface area contributed by atoms with Gasteiger partial charge in [-0.1, -0.05) is 42.5 Å². The van der Waals surface area contributed by atoms with E-state index in [0.29, 0.717) is 5.56 Å². The largest absolute Gasteiger partial charge is 0.337 e. The predicted molar refractivity (Wildman–Crippen MR) is 104 cm³/mol. The van der Waals surface area contributed by atoms with Crippen molar-refractivity contribution in [1.29, 1.82) is 0 Å². The number of hydrogen-bond acceptors (Lipinski definition) is 4. The predicted octanol–water partition coefficient (Wildman–Crippen LogP) is 3.43. The van der Waals surface area contributed by atoms with Gasteiger partial charge in [-0.05, 0) is 37.1 Å². The van der Waals surface area contributed by atoms with Gasteiger partial charge < -0.3 is 9.80 Å². The van der Waals surface area contributed by atoms with Crippen LogP contribution in [0.15, 0.2) is 54.6 Å². The fourth-order valence-electron chi connectivity index (χ4n) is 3.59. The first-order chi connectivity index (χ1) is 13.0. The number of nitro groups is 1. The molecule has 1 heterocycles. The highest BCUT2D eigenvalue weighted by Crippen LogP contribution is 2.24. The van der Waals surface area contributed by atoms with Crippen LogP contribution in [0.5, 0.6) is 0 Å². The Kier molecular flexibility index (Phi) is 6.19. The van der Waals surface area contributed by atoms with Crippen molar-refractivity contribution >= 4 is 11.6 Å². The van der Waals surface area contributed by atoms with Crippen molar-refractivity contribution in [3.8, 4) is 0 Å². The topological polar surface area (TPSA) is 66.7 Å². The lowest BCUT2D eigenvalue weighted by Crippen LogP contribution is -2.39. The van der Waals surface area contributed by atoms with Gasteiger partial charge in [-0.25, -0.2) is 0 Å². The Morgan fingerprint density at radius 1 is 1.15 bits per heavy atom. The molecule has 0 N–H and O–H groups in total. The minimum atomic E-state index is -0.433. The van der Waals surface area contributed by atoms with Gasteiger partial charge in [0.1, 0.15) is 0 Å². The molecule has 1 aliphatic heterocycles. The number of carbonyl (C=O) groups excluding carboxylic acids is 1. The van der Waals surface area contributed by atoms with E-state index in [0.717, 1.165) is 25.2 Å². The molecular formula is C21H25N3O3. The van der Waals surface area contributed by atoms with Crippen molar-refractivity contribution in [3.63, 3.8) is 0 Å². The van der Waals surface area contributed by atoms with Crippen molar-refractivity contribution in [2.75, 3.05) is 26.7 Å². The van der Waals surface area contributed by atoms with Crippen LogP contribution >= 0.6 is 0 Å². The van der Waals surface area contributed by atoms with Crippen LogP contribution in [0.1, 0.15) is 30.0 Å². The second kappa shape index (κ2) is 8.77. The Labute approximate surface area is 159 Å². The molecule has 2 aromatic rings. The Hall–Kier alpha value is -2.73. The third-order valence-corrected chi connectivity index (χ3v) is 5.15. The highest BCUT2D eigenvalue weighted by Gasteiger charge is 2.25. The summed E-state index contributed by atoms with van der Waals surface area (Å²) in [7, 11) is 1.83. The molecule has 1 fully saturated rings. The van der Waals surface area contributed by atoms with Crippen LogP contribution < -0.4 is 0 Å². The van der Waals surface area contributed by atoms with E-state index in [-0.39, 0.29) is 24.1 Å². The third-order valence-electron chi connectivity index (χ3n) is 5.15. The van der Waals surface area contributed by atoms with Crippen LogP contribution in [-0.4, -0.2) is 47.3 Å². The minimum Gasteiger partial charge on any atom is -0.337 e. The molecule has 0 bridgehead atoms. The molecule has 0 spiro atoms. The molecule has 1 atom stereocenters. The highest BCUT2D eigenvalue weighted by atomic mass is 16.6. The molecule has 1 amide bonds. The standard InChI is InChI=1S/C21H25N3O3/c1-22(21(25)15-17-8-7-11-19(14-17)24(26)27)20(16-23-12-5-6-13-23)18-9-3-2-4-10-18/h2-4,7-11,14,20H,5-6,12-13,15-16H2,1H3. The van der Waals surface area contributed by atoms with Crippen LogP contribution in [-0.2, 0) is 11.2 Å². The normalized spacial score (nSPS) is 15.4. The number of nitrogens with zero attached hydrogens (tertiary/aromatic N) is 3. The van der Waals surface area contributed by atoms with Gasteiger partial charge in [0.15, 0.2) is 0 Å². The molecule has 0 aliphatic carbocycles. The number of amides is 1. The number of benzene rings is 2. The summed E-state index contributed by atoms with van der Waals surface area (Å²) in [6, 6.07) is 16.3. The average Bonchev–Trinajstić information content (AvgIpc) is 3.19. The summed E-state index contributed by atoms with van der Waals surface area (Å²) in [4.78, 5) is 27.6. The lowest BCUT2D eigenvalue weighted by atomic mass is 10.0. The molecule has 6 nitrogen and oxygen atoms in total. The van der Waals surface area contributed by atoms with Gasteiger partial charge in [-0.2, -0.15) is 0 Å². The molecule has 0 radical (unpaired) electrons. The van der Waals surface area contributed by atoms with Gasteiger partial charge in [-0.15, -0.1) is 0 Å². The van der Waals surface area contributed by atoms with Gasteiger partial charge in [0, 0.05) is 25.7 Å². The first kappa shape index (κ1) is 19.0. The second-order valence-electron chi connectivity index (χ2n) is 7.04. The summed E-state index contributed by atoms with van der Waals surface area (Å²) < 4.78 is 0. The summed E-state index contributed by atoms with van der Waals surface area (Å²) in [6.07, 6.45) is 2.56. The summed E-state index contributed by atoms with van der Waals surface area (Å²) >= 11 is 0. The zero-order valence-electron chi connectivity index (χ0n) is 15.6. The van der Waals surface area contributed by atoms with E-state index in [1.165, 1.54) is 25.0 Å². The van der Waals surface area contributed by atoms with Crippen LogP contribution in [0.25, 0.3) is 0 Å². The number of likely N-dealkylation sites (N-methyl/N-ethyl adjacent to an activating group) is 1. The Balaban J connectivity index is 1.76. The minimum absolute atomic E-state index is 0.0135. The van der Waals surface area contributed by atoms with Crippen LogP contribution in [0.2, 0.25) is 0 Å². The van der Waals surface area contributed by atoms with E-state index in [2.05, 4.69) is 17.0 Å². The van der Waals surface area contributed by atoms with E-state index < -0.39 is 4.92 Å². The summed E-state index contributed by atoms with van der Waals surface area (Å²) in [6.45, 7) is 2.94. The molecule has 27 heavy (non-hydrogen) atoms. The van der Waals surface area contributed by atoms with E-state index in [1.54, 1.807) is 17.0 Å². The van der Waals surface area contributed by atoms with Crippen molar-refractivity contribution in [1.82, 2.24) is 9.80 Å². The van der Waals surface area contributed by atoms with Gasteiger partial charge in [0.2, 0.25) is 5.91 Å². The van der Waals surface area contributed by atoms with Crippen molar-refractivity contribution in [2.45, 2.75) is 25.3 Å². The number of hydrogen-bond donors (Lipinski definition) is 0. The van der Waals surface area contributed by atoms with E-state index in [4.69, 9.17) is 0 Å². The molecule has 0 aromatic heterocycles. The Morgan fingerprint density at radius 3 is 2.52 bits per heavy atom. The SMILES string of the molecule is CN(C(=O)Cc1cccc([N+](=O)[O-])c1)C(CN1CCCC1)c1ccccc1. The van der Waals surface area contributed by atoms with Crippen molar-refractivity contribution in [2.24, 2.45) is 0 Å². The number of rotatable bonds is 7. The summed E-state index contributed by atoms with van der Waals surface area (Å²) in [5.41, 5.74) is 1.79. The molecule has 3 rings (SSSR count). The van der Waals surface area contributed by atoms with Crippen molar-refractivity contribution < 1.29 is 9.72 Å². The van der Waals surface area contributed by atoms with Crippen LogP contribution in [0.3, 0.4) is 0 Å². The number of carbonyl (C=O) groups is 1. The maximum Gasteiger partial charge on any atom is 0.269 e. The zero-order chi connectivity index (χ0) is 19.2. The number of nitro benzene ring substituents is 1. The first-order valence-corrected chi connectivity index (χ1v) is 9.31. The monoisotopic (exact) mass is 367 g/mol. The van der Waals surface area contributed by atoms with E-state index >= 15 is 0 Å². The molecule has 0 saturated carbocycles. The third kappa shape index (κ3) is 4.92. The Bertz CT molecular complexity index is 788. The van der Waals surface area contributed by atoms with E-state index in [9.17, 15) is 14.9 Å². The quantitative estimate of drug-likeness (QED) is 0.555. The molecule has 2 aromatic carbocycles. The molecule has 6 heteroatoms. The zero-order valence-corrected chi connectivity index (χ0v) is 15.6. The lowest BCUT2D eigenvalue weighted by molar-refractivity contribution is -0.384. The van der Waals surface area contributed by atoms with Crippen LogP contribution in [0.4, 0.5) is 5.69 Å². The fourth-order valence-corrected chi connectivity index (χ4v) is 3.59. The first-order valence-electron chi connectivity index (χ1n) is 9.31. The summed E-state index contributed by atoms with van der Waals surface area (Å²) in [5.74, 6) is -0.0384. The number of likely N-dealkylation sites (tertiary alicyclic amines) is 1. The summed E-state index contributed by atoms with van der Waals surface area (Å²) in [5, 5.41) is 11.0. The molecule has 1 saturated heterocycles.